The van der Waals surface area contributed by atoms with Crippen LogP contribution in [-0.4, -0.2) is 46.1 Å². The third-order valence-electron chi connectivity index (χ3n) is 6.74. The molecule has 2 atom stereocenters. The molecule has 0 radical (unpaired) electrons. The first kappa shape index (κ1) is 19.3. The number of nitrogens with one attached hydrogen (secondary N) is 1. The summed E-state index contributed by atoms with van der Waals surface area (Å²) in [4.78, 5) is 23.2. The molecule has 5 nitrogen and oxygen atoms in total. The Kier molecular flexibility index (Phi) is 4.86. The summed E-state index contributed by atoms with van der Waals surface area (Å²) in [5, 5.41) is 1.24. The summed E-state index contributed by atoms with van der Waals surface area (Å²) in [6.07, 6.45) is 7.57. The summed E-state index contributed by atoms with van der Waals surface area (Å²) in [7, 11) is 0. The third kappa shape index (κ3) is 3.31. The molecule has 4 heterocycles. The van der Waals surface area contributed by atoms with E-state index in [0.717, 1.165) is 44.3 Å². The van der Waals surface area contributed by atoms with Gasteiger partial charge in [0.1, 0.15) is 5.60 Å². The molecule has 156 valence electrons. The van der Waals surface area contributed by atoms with Crippen molar-refractivity contribution in [2.45, 2.75) is 51.0 Å². The predicted octanol–water partition coefficient (Wildman–Crippen LogP) is 4.81. The minimum absolute atomic E-state index is 0.155. The second-order valence-electron chi connectivity index (χ2n) is 8.97. The zero-order chi connectivity index (χ0) is 20.7. The van der Waals surface area contributed by atoms with Gasteiger partial charge >= 0.3 is 0 Å². The Morgan fingerprint density at radius 3 is 2.83 bits per heavy atom. The third-order valence-corrected chi connectivity index (χ3v) is 6.74. The molecule has 2 aliphatic rings. The Hall–Kier alpha value is -2.66. The van der Waals surface area contributed by atoms with Gasteiger partial charge in [-0.3, -0.25) is 9.78 Å². The number of H-pyrrole nitrogens is 1. The maximum atomic E-state index is 13.3. The van der Waals surface area contributed by atoms with Crippen molar-refractivity contribution in [2.24, 2.45) is 0 Å². The van der Waals surface area contributed by atoms with E-state index in [2.05, 4.69) is 47.2 Å². The van der Waals surface area contributed by atoms with Gasteiger partial charge in [-0.2, -0.15) is 0 Å². The van der Waals surface area contributed by atoms with Gasteiger partial charge in [0.2, 0.25) is 0 Å². The number of nitrogens with zero attached hydrogens (tertiary/aromatic N) is 2. The number of benzene rings is 1. The molecular weight excluding hydrogens is 374 g/mol. The van der Waals surface area contributed by atoms with Crippen LogP contribution in [0.15, 0.2) is 42.7 Å². The van der Waals surface area contributed by atoms with Crippen LogP contribution in [0, 0.1) is 6.92 Å². The number of hydrogen-bond acceptors (Lipinski definition) is 3. The number of rotatable bonds is 3. The van der Waals surface area contributed by atoms with Crippen LogP contribution in [0.4, 0.5) is 0 Å². The highest BCUT2D eigenvalue weighted by molar-refractivity contribution is 5.98. The van der Waals surface area contributed by atoms with Gasteiger partial charge in [0.15, 0.2) is 0 Å². The van der Waals surface area contributed by atoms with Crippen LogP contribution in [0.25, 0.3) is 22.0 Å². The Morgan fingerprint density at radius 1 is 1.23 bits per heavy atom. The summed E-state index contributed by atoms with van der Waals surface area (Å²) in [5.41, 5.74) is 5.40. The van der Waals surface area contributed by atoms with Gasteiger partial charge in [-0.05, 0) is 69.4 Å². The van der Waals surface area contributed by atoms with Gasteiger partial charge in [-0.1, -0.05) is 11.6 Å². The van der Waals surface area contributed by atoms with Crippen molar-refractivity contribution in [1.82, 2.24) is 14.9 Å². The van der Waals surface area contributed by atoms with Crippen molar-refractivity contribution in [1.29, 1.82) is 0 Å². The van der Waals surface area contributed by atoms with Crippen LogP contribution in [0.2, 0.25) is 0 Å². The SMILES string of the molecule is Cc1ccc2[nH]c(C3CCCN(C(=O)C4(C)CCCO4)C3)c(-c3ccncc3)c2c1. The molecule has 5 rings (SSSR count). The van der Waals surface area contributed by atoms with Crippen LogP contribution >= 0.6 is 0 Å². The molecule has 30 heavy (non-hydrogen) atoms. The number of amides is 1. The lowest BCUT2D eigenvalue weighted by molar-refractivity contribution is -0.152. The van der Waals surface area contributed by atoms with E-state index in [9.17, 15) is 4.79 Å². The number of piperidine rings is 1. The summed E-state index contributed by atoms with van der Waals surface area (Å²) >= 11 is 0. The maximum Gasteiger partial charge on any atom is 0.254 e. The maximum absolute atomic E-state index is 13.3. The first-order valence-corrected chi connectivity index (χ1v) is 11.0. The zero-order valence-corrected chi connectivity index (χ0v) is 17.8. The van der Waals surface area contributed by atoms with E-state index in [1.807, 2.05) is 24.2 Å². The van der Waals surface area contributed by atoms with E-state index in [1.165, 1.54) is 27.8 Å². The largest absolute Gasteiger partial charge is 0.365 e. The molecule has 2 saturated heterocycles. The molecule has 2 aliphatic heterocycles. The lowest BCUT2D eigenvalue weighted by Crippen LogP contribution is -2.50. The molecule has 5 heteroatoms. The molecule has 0 bridgehead atoms. The predicted molar refractivity (Wildman–Crippen MR) is 118 cm³/mol. The number of ether oxygens (including phenoxy) is 1. The van der Waals surface area contributed by atoms with Crippen molar-refractivity contribution >= 4 is 16.8 Å². The molecule has 1 N–H and O–H groups in total. The van der Waals surface area contributed by atoms with Crippen molar-refractivity contribution in [3.63, 3.8) is 0 Å². The molecule has 1 amide bonds. The van der Waals surface area contributed by atoms with Crippen LogP contribution in [0.5, 0.6) is 0 Å². The van der Waals surface area contributed by atoms with Crippen LogP contribution < -0.4 is 0 Å². The first-order chi connectivity index (χ1) is 14.5. The summed E-state index contributed by atoms with van der Waals surface area (Å²) < 4.78 is 5.84. The van der Waals surface area contributed by atoms with E-state index >= 15 is 0 Å². The number of aromatic nitrogens is 2. The lowest BCUT2D eigenvalue weighted by atomic mass is 9.88. The molecule has 2 aromatic heterocycles. The summed E-state index contributed by atoms with van der Waals surface area (Å²) in [5.74, 6) is 0.436. The summed E-state index contributed by atoms with van der Waals surface area (Å²) in [6, 6.07) is 10.7. The smallest absolute Gasteiger partial charge is 0.254 e. The van der Waals surface area contributed by atoms with Crippen LogP contribution in [-0.2, 0) is 9.53 Å². The Morgan fingerprint density at radius 2 is 2.07 bits per heavy atom. The fraction of sp³-hybridized carbons (Fsp3) is 0.440. The number of carbonyl (C=O) groups excluding carboxylic acids is 1. The fourth-order valence-electron chi connectivity index (χ4n) is 5.14. The topological polar surface area (TPSA) is 58.2 Å². The molecule has 3 aromatic rings. The zero-order valence-electron chi connectivity index (χ0n) is 17.8. The minimum atomic E-state index is -0.645. The van der Waals surface area contributed by atoms with E-state index in [-0.39, 0.29) is 11.8 Å². The number of likely N-dealkylation sites (tertiary alicyclic amines) is 1. The number of pyridine rings is 1. The first-order valence-electron chi connectivity index (χ1n) is 11.0. The van der Waals surface area contributed by atoms with Crippen LogP contribution in [0.3, 0.4) is 0 Å². The quantitative estimate of drug-likeness (QED) is 0.682. The lowest BCUT2D eigenvalue weighted by Gasteiger charge is -2.37. The average molecular weight is 404 g/mol. The fourth-order valence-corrected chi connectivity index (χ4v) is 5.14. The molecule has 1 aromatic carbocycles. The van der Waals surface area contributed by atoms with Crippen LogP contribution in [0.1, 0.15) is 49.8 Å². The highest BCUT2D eigenvalue weighted by Gasteiger charge is 2.42. The van der Waals surface area contributed by atoms with Gasteiger partial charge in [-0.15, -0.1) is 0 Å². The average Bonchev–Trinajstić information content (AvgIpc) is 3.38. The number of aryl methyl sites for hydroxylation is 1. The molecule has 0 aliphatic carbocycles. The van der Waals surface area contributed by atoms with E-state index in [0.29, 0.717) is 6.61 Å². The van der Waals surface area contributed by atoms with E-state index in [4.69, 9.17) is 4.74 Å². The van der Waals surface area contributed by atoms with Crippen molar-refractivity contribution in [3.05, 3.63) is 54.0 Å². The van der Waals surface area contributed by atoms with Crippen molar-refractivity contribution < 1.29 is 9.53 Å². The molecule has 2 fully saturated rings. The molecule has 0 saturated carbocycles. The standard InChI is InChI=1S/C25H29N3O2/c1-17-6-7-21-20(15-17)22(18-8-11-26-12-9-18)23(27-21)19-5-3-13-28(16-19)24(29)25(2)10-4-14-30-25/h6-9,11-12,15,19,27H,3-5,10,13-14,16H2,1-2H3. The van der Waals surface area contributed by atoms with E-state index in [1.54, 1.807) is 0 Å². The minimum Gasteiger partial charge on any atom is -0.365 e. The second kappa shape index (κ2) is 7.55. The monoisotopic (exact) mass is 403 g/mol. The van der Waals surface area contributed by atoms with Gasteiger partial charge in [-0.25, -0.2) is 0 Å². The van der Waals surface area contributed by atoms with Gasteiger partial charge in [0.05, 0.1) is 0 Å². The van der Waals surface area contributed by atoms with Gasteiger partial charge < -0.3 is 14.6 Å². The Balaban J connectivity index is 1.53. The number of aromatic amines is 1. The molecule has 2 unspecified atom stereocenters. The Labute approximate surface area is 177 Å². The highest BCUT2D eigenvalue weighted by atomic mass is 16.5. The molecular formula is C25H29N3O2. The van der Waals surface area contributed by atoms with Crippen molar-refractivity contribution in [2.75, 3.05) is 19.7 Å². The number of carbonyl (C=O) groups is 1. The Bertz CT molecular complexity index is 1070. The number of hydrogen-bond donors (Lipinski definition) is 1. The van der Waals surface area contributed by atoms with Crippen molar-refractivity contribution in [3.8, 4) is 11.1 Å². The van der Waals surface area contributed by atoms with Gasteiger partial charge in [0.25, 0.3) is 5.91 Å². The van der Waals surface area contributed by atoms with E-state index < -0.39 is 5.60 Å². The second-order valence-corrected chi connectivity index (χ2v) is 8.97. The van der Waals surface area contributed by atoms with Gasteiger partial charge in [0, 0.05) is 60.2 Å². The number of fused-ring (bicyclic) bond motifs is 1. The molecule has 0 spiro atoms. The highest BCUT2D eigenvalue weighted by Crippen LogP contribution is 2.40. The normalized spacial score (nSPS) is 24.5. The summed E-state index contributed by atoms with van der Waals surface area (Å²) in [6.45, 7) is 6.33.